The van der Waals surface area contributed by atoms with E-state index in [0.717, 1.165) is 94.3 Å². The van der Waals surface area contributed by atoms with E-state index in [1.807, 2.05) is 6.20 Å². The molecule has 6 aliphatic rings. The van der Waals surface area contributed by atoms with Crippen LogP contribution >= 0.6 is 0 Å². The van der Waals surface area contributed by atoms with E-state index in [9.17, 15) is 19.1 Å². The van der Waals surface area contributed by atoms with Gasteiger partial charge in [-0.15, -0.1) is 0 Å². The van der Waals surface area contributed by atoms with Gasteiger partial charge in [0.2, 0.25) is 5.91 Å². The van der Waals surface area contributed by atoms with Crippen LogP contribution in [-0.4, -0.2) is 50.5 Å². The van der Waals surface area contributed by atoms with E-state index in [0.29, 0.717) is 41.4 Å². The number of rotatable bonds is 8. The van der Waals surface area contributed by atoms with Gasteiger partial charge >= 0.3 is 11.9 Å². The lowest BCUT2D eigenvalue weighted by Gasteiger charge is -2.73. The Hall–Kier alpha value is -3.23. The Labute approximate surface area is 346 Å². The number of hydrogen-bond acceptors (Lipinski definition) is 5. The van der Waals surface area contributed by atoms with Gasteiger partial charge in [0.15, 0.2) is 0 Å². The number of aromatic nitrogens is 2. The van der Waals surface area contributed by atoms with E-state index in [4.69, 9.17) is 9.72 Å². The van der Waals surface area contributed by atoms with Gasteiger partial charge < -0.3 is 19.7 Å². The molecule has 11 atom stereocenters. The molecule has 8 nitrogen and oxygen atoms in total. The summed E-state index contributed by atoms with van der Waals surface area (Å²) in [6.45, 7) is 21.2. The molecule has 1 unspecified atom stereocenters. The number of aliphatic carboxylic acids is 1. The van der Waals surface area contributed by atoms with Gasteiger partial charge in [0.05, 0.1) is 35.2 Å². The molecule has 9 heteroatoms. The summed E-state index contributed by atoms with van der Waals surface area (Å²) in [5, 5.41) is 9.66. The minimum absolute atomic E-state index is 0.0759. The highest BCUT2D eigenvalue weighted by molar-refractivity contribution is 5.85. The smallest absolute Gasteiger partial charge is 0.309 e. The number of likely N-dealkylation sites (tertiary alicyclic amines) is 1. The lowest BCUT2D eigenvalue weighted by molar-refractivity contribution is -0.251. The normalized spacial score (nSPS) is 39.4. The quantitative estimate of drug-likeness (QED) is 0.257. The molecule has 0 bridgehead atoms. The van der Waals surface area contributed by atoms with Crippen molar-refractivity contribution in [2.24, 2.45) is 68.0 Å². The maximum Gasteiger partial charge on any atom is 0.309 e. The van der Waals surface area contributed by atoms with Crippen LogP contribution in [0, 0.1) is 73.8 Å². The van der Waals surface area contributed by atoms with Gasteiger partial charge in [-0.1, -0.05) is 48.5 Å². The highest BCUT2D eigenvalue weighted by Crippen LogP contribution is 2.78. The number of halogens is 1. The minimum Gasteiger partial charge on any atom is -0.481 e. The molecule has 0 spiro atoms. The van der Waals surface area contributed by atoms with E-state index < -0.39 is 17.4 Å². The first kappa shape index (κ1) is 41.5. The molecule has 1 amide bonds. The van der Waals surface area contributed by atoms with Crippen LogP contribution in [0.25, 0.3) is 11.3 Å². The summed E-state index contributed by atoms with van der Waals surface area (Å²) in [4.78, 5) is 51.1. The van der Waals surface area contributed by atoms with E-state index in [1.54, 1.807) is 26.0 Å². The van der Waals surface area contributed by atoms with Crippen molar-refractivity contribution in [2.75, 3.05) is 6.54 Å². The second kappa shape index (κ2) is 14.2. The van der Waals surface area contributed by atoms with Gasteiger partial charge in [0.1, 0.15) is 17.7 Å². The monoisotopic (exact) mass is 800 g/mol. The summed E-state index contributed by atoms with van der Waals surface area (Å²) in [7, 11) is 0. The molecule has 1 aromatic heterocycles. The molecule has 58 heavy (non-hydrogen) atoms. The molecule has 1 saturated heterocycles. The van der Waals surface area contributed by atoms with E-state index in [2.05, 4.69) is 58.4 Å². The summed E-state index contributed by atoms with van der Waals surface area (Å²) in [6, 6.07) is 6.42. The third-order valence-corrected chi connectivity index (χ3v) is 18.7. The summed E-state index contributed by atoms with van der Waals surface area (Å²) in [5.74, 6) is 2.37. The van der Waals surface area contributed by atoms with Crippen molar-refractivity contribution in [2.45, 2.75) is 158 Å². The summed E-state index contributed by atoms with van der Waals surface area (Å²) in [6.07, 6.45) is 13.9. The molecule has 2 aromatic rings. The van der Waals surface area contributed by atoms with Crippen LogP contribution in [0.15, 0.2) is 30.5 Å². The molecule has 318 valence electrons. The molecule has 1 aliphatic heterocycles. The number of hydrogen-bond donors (Lipinski definition) is 2. The average molecular weight is 800 g/mol. The number of aromatic amines is 1. The number of carbonyl (C=O) groups excluding carboxylic acids is 2. The Balaban J connectivity index is 1.05. The fourth-order valence-electron chi connectivity index (χ4n) is 15.4. The van der Waals surface area contributed by atoms with Gasteiger partial charge in [-0.25, -0.2) is 9.37 Å². The van der Waals surface area contributed by atoms with E-state index in [-0.39, 0.29) is 51.5 Å². The van der Waals surface area contributed by atoms with Crippen molar-refractivity contribution in [3.8, 4) is 11.3 Å². The Bertz CT molecular complexity index is 1920. The van der Waals surface area contributed by atoms with Crippen LogP contribution in [0.1, 0.15) is 158 Å². The average Bonchev–Trinajstić information content (AvgIpc) is 3.92. The van der Waals surface area contributed by atoms with Crippen molar-refractivity contribution in [1.82, 2.24) is 14.9 Å². The predicted molar refractivity (Wildman–Crippen MR) is 223 cm³/mol. The van der Waals surface area contributed by atoms with E-state index in [1.165, 1.54) is 18.6 Å². The number of amides is 1. The molecule has 0 radical (unpaired) electrons. The number of carboxylic acids is 1. The Morgan fingerprint density at radius 1 is 0.914 bits per heavy atom. The van der Waals surface area contributed by atoms with Gasteiger partial charge in [-0.2, -0.15) is 0 Å². The molecule has 5 aliphatic carbocycles. The number of ether oxygens (including phenoxy) is 1. The Morgan fingerprint density at radius 3 is 2.33 bits per heavy atom. The number of carbonyl (C=O) groups is 3. The third-order valence-electron chi connectivity index (χ3n) is 18.7. The van der Waals surface area contributed by atoms with Crippen LogP contribution in [0.4, 0.5) is 4.39 Å². The lowest BCUT2D eigenvalue weighted by atomic mass is 9.32. The maximum atomic E-state index is 15.5. The number of H-pyrrole nitrogens is 1. The zero-order chi connectivity index (χ0) is 41.8. The van der Waals surface area contributed by atoms with Crippen LogP contribution in [0.2, 0.25) is 0 Å². The van der Waals surface area contributed by atoms with Crippen molar-refractivity contribution < 1.29 is 28.6 Å². The summed E-state index contributed by atoms with van der Waals surface area (Å²) < 4.78 is 19.9. The van der Waals surface area contributed by atoms with Crippen LogP contribution < -0.4 is 0 Å². The zero-order valence-corrected chi connectivity index (χ0v) is 36.8. The fourth-order valence-corrected chi connectivity index (χ4v) is 15.4. The number of nitrogens with one attached hydrogen (secondary N) is 1. The Kier molecular flexibility index (Phi) is 10.1. The highest BCUT2D eigenvalue weighted by atomic mass is 19.1. The molecule has 5 saturated carbocycles. The largest absolute Gasteiger partial charge is 0.481 e. The molecule has 6 fully saturated rings. The van der Waals surface area contributed by atoms with Crippen LogP contribution in [0.3, 0.4) is 0 Å². The molecule has 2 heterocycles. The predicted octanol–water partition coefficient (Wildman–Crippen LogP) is 11.0. The van der Waals surface area contributed by atoms with Crippen LogP contribution in [0.5, 0.6) is 0 Å². The summed E-state index contributed by atoms with van der Waals surface area (Å²) >= 11 is 0. The Morgan fingerprint density at radius 2 is 1.64 bits per heavy atom. The van der Waals surface area contributed by atoms with Gasteiger partial charge in [-0.3, -0.25) is 14.4 Å². The third kappa shape index (κ3) is 6.14. The second-order valence-electron chi connectivity index (χ2n) is 22.3. The van der Waals surface area contributed by atoms with Crippen molar-refractivity contribution in [1.29, 1.82) is 0 Å². The topological polar surface area (TPSA) is 113 Å². The molecule has 2 N–H and O–H groups in total. The van der Waals surface area contributed by atoms with Crippen molar-refractivity contribution in [3.63, 3.8) is 0 Å². The standard InChI is InChI=1S/C49H70FN3O5/c1-29(2)32-18-23-49(42(55)53-26-10-11-35(53)41-51-28-34(52-41)30-12-14-31(50)15-13-30)25-24-47(8)33(40(32)49)16-17-37-46(7)21-20-38(58-39(54)27-44(3,4)43(56)57)45(5,6)36(46)19-22-48(37,47)9/h12-15,28-29,32-33,35-38,40H,10-11,16-27H2,1-9H3,(H,51,52)(H,56,57)/t32?,33-,35+,36+,37-,38+,40-,46+,47-,48-,49+/m1/s1. The van der Waals surface area contributed by atoms with Gasteiger partial charge in [0.25, 0.3) is 0 Å². The maximum absolute atomic E-state index is 15.5. The first-order valence-corrected chi connectivity index (χ1v) is 22.7. The zero-order valence-electron chi connectivity index (χ0n) is 36.8. The fraction of sp³-hybridized carbons (Fsp3) is 0.755. The number of nitrogens with zero attached hydrogens (tertiary/aromatic N) is 2. The van der Waals surface area contributed by atoms with Gasteiger partial charge in [0, 0.05) is 12.0 Å². The number of esters is 1. The first-order chi connectivity index (χ1) is 27.2. The second-order valence-corrected chi connectivity index (χ2v) is 22.3. The first-order valence-electron chi connectivity index (χ1n) is 22.7. The molecule has 8 rings (SSSR count). The molecular weight excluding hydrogens is 730 g/mol. The van der Waals surface area contributed by atoms with E-state index >= 15 is 4.79 Å². The number of imidazole rings is 1. The lowest BCUT2D eigenvalue weighted by Crippen LogP contribution is -2.67. The number of carboxylic acid groups (broad SMARTS) is 1. The number of benzene rings is 1. The summed E-state index contributed by atoms with van der Waals surface area (Å²) in [5.41, 5.74) is 0.353. The minimum atomic E-state index is -1.16. The SMILES string of the molecule is CC(C)C1CC[C@]2(C(=O)N3CCC[C@H]3c3ncc(-c4ccc(F)cc4)[nH]3)CC[C@]3(C)[C@H](CC[C@@H]4[C@@]5(C)CC[C@H](OC(=O)CC(C)(C)C(=O)O)C(C)(C)[C@@H]5CC[C@]43C)[C@@H]12. The van der Waals surface area contributed by atoms with Crippen LogP contribution in [-0.2, 0) is 19.1 Å². The van der Waals surface area contributed by atoms with Gasteiger partial charge in [-0.05, 0) is 172 Å². The molecular formula is C49H70FN3O5. The highest BCUT2D eigenvalue weighted by Gasteiger charge is 2.72. The number of fused-ring (bicyclic) bond motifs is 7. The van der Waals surface area contributed by atoms with Crippen molar-refractivity contribution >= 4 is 17.8 Å². The molecule has 1 aromatic carbocycles. The van der Waals surface area contributed by atoms with Crippen molar-refractivity contribution in [3.05, 3.63) is 42.1 Å².